The zero-order valence-electron chi connectivity index (χ0n) is 14.0. The minimum atomic E-state index is -0.691. The number of ether oxygens (including phenoxy) is 2. The number of amides is 1. The van der Waals surface area contributed by atoms with Gasteiger partial charge >= 0.3 is 5.97 Å². The summed E-state index contributed by atoms with van der Waals surface area (Å²) >= 11 is 0. The Morgan fingerprint density at radius 3 is 2.60 bits per heavy atom. The molecule has 0 saturated carbocycles. The fourth-order valence-electron chi connectivity index (χ4n) is 2.15. The van der Waals surface area contributed by atoms with Crippen molar-refractivity contribution < 1.29 is 19.1 Å². The molecule has 0 aromatic heterocycles. The van der Waals surface area contributed by atoms with Gasteiger partial charge in [0, 0.05) is 5.69 Å². The molecular formula is C19H18N2O4. The van der Waals surface area contributed by atoms with Crippen molar-refractivity contribution in [2.75, 3.05) is 18.5 Å². The van der Waals surface area contributed by atoms with Crippen LogP contribution in [0.5, 0.6) is 5.75 Å². The van der Waals surface area contributed by atoms with Crippen molar-refractivity contribution in [3.63, 3.8) is 0 Å². The Morgan fingerprint density at radius 1 is 1.12 bits per heavy atom. The van der Waals surface area contributed by atoms with E-state index in [0.29, 0.717) is 17.0 Å². The molecule has 6 nitrogen and oxygen atoms in total. The number of nitrogens with zero attached hydrogens (tertiary/aromatic N) is 1. The Morgan fingerprint density at radius 2 is 1.88 bits per heavy atom. The number of nitriles is 1. The molecule has 0 fully saturated rings. The molecule has 0 bridgehead atoms. The largest absolute Gasteiger partial charge is 0.481 e. The van der Waals surface area contributed by atoms with Crippen LogP contribution in [0.4, 0.5) is 5.69 Å². The first-order valence-electron chi connectivity index (χ1n) is 7.64. The van der Waals surface area contributed by atoms with Crippen LogP contribution in [0.15, 0.2) is 42.5 Å². The van der Waals surface area contributed by atoms with E-state index in [2.05, 4.69) is 5.32 Å². The van der Waals surface area contributed by atoms with Gasteiger partial charge in [0.1, 0.15) is 11.8 Å². The number of anilines is 1. The normalized spacial score (nSPS) is 9.80. The van der Waals surface area contributed by atoms with Crippen molar-refractivity contribution in [3.8, 4) is 11.8 Å². The molecule has 128 valence electrons. The molecule has 1 N–H and O–H groups in total. The maximum atomic E-state index is 11.9. The first kappa shape index (κ1) is 18.0. The third-order valence-electron chi connectivity index (χ3n) is 3.37. The Kier molecular flexibility index (Phi) is 6.13. The van der Waals surface area contributed by atoms with Crippen LogP contribution >= 0.6 is 0 Å². The molecule has 2 aromatic rings. The topological polar surface area (TPSA) is 88.4 Å². The van der Waals surface area contributed by atoms with E-state index in [9.17, 15) is 9.59 Å². The first-order valence-corrected chi connectivity index (χ1v) is 7.64. The number of hydrogen-bond donors (Lipinski definition) is 1. The highest BCUT2D eigenvalue weighted by Gasteiger charge is 2.11. The molecule has 0 atom stereocenters. The molecule has 0 spiro atoms. The van der Waals surface area contributed by atoms with Crippen LogP contribution in [0.1, 0.15) is 16.7 Å². The highest BCUT2D eigenvalue weighted by molar-refractivity contribution is 5.93. The maximum Gasteiger partial charge on any atom is 0.344 e. The molecule has 0 saturated heterocycles. The van der Waals surface area contributed by atoms with Crippen molar-refractivity contribution in [2.45, 2.75) is 13.8 Å². The number of hydrogen-bond acceptors (Lipinski definition) is 5. The van der Waals surface area contributed by atoms with Crippen LogP contribution in [0, 0.1) is 25.2 Å². The first-order chi connectivity index (χ1) is 12.0. The van der Waals surface area contributed by atoms with Crippen molar-refractivity contribution in [2.24, 2.45) is 0 Å². The van der Waals surface area contributed by atoms with Gasteiger partial charge in [0.05, 0.1) is 5.56 Å². The number of benzene rings is 2. The van der Waals surface area contributed by atoms with Gasteiger partial charge in [-0.15, -0.1) is 0 Å². The second-order valence-electron chi connectivity index (χ2n) is 5.42. The van der Waals surface area contributed by atoms with E-state index in [0.717, 1.165) is 11.1 Å². The van der Waals surface area contributed by atoms with Crippen molar-refractivity contribution >= 4 is 17.6 Å². The summed E-state index contributed by atoms with van der Waals surface area (Å²) in [6.45, 7) is 3.06. The predicted octanol–water partition coefficient (Wildman–Crippen LogP) is 2.74. The molecule has 0 aliphatic carbocycles. The highest BCUT2D eigenvalue weighted by atomic mass is 16.6. The quantitative estimate of drug-likeness (QED) is 0.818. The molecule has 6 heteroatoms. The summed E-state index contributed by atoms with van der Waals surface area (Å²) in [7, 11) is 0. The zero-order chi connectivity index (χ0) is 18.2. The fraction of sp³-hybridized carbons (Fsp3) is 0.211. The standard InChI is InChI=1S/C19H18N2O4/c1-13-7-8-16(14(2)9-13)21-18(22)11-25-19(23)12-24-17-6-4-3-5-15(17)10-20/h3-9H,11-12H2,1-2H3,(H,21,22). The highest BCUT2D eigenvalue weighted by Crippen LogP contribution is 2.17. The number of nitrogens with one attached hydrogen (secondary N) is 1. The SMILES string of the molecule is Cc1ccc(NC(=O)COC(=O)COc2ccccc2C#N)c(C)c1. The summed E-state index contributed by atoms with van der Waals surface area (Å²) in [5.74, 6) is -0.831. The third kappa shape index (κ3) is 5.36. The summed E-state index contributed by atoms with van der Waals surface area (Å²) in [5, 5.41) is 11.6. The van der Waals surface area contributed by atoms with Gasteiger partial charge in [-0.3, -0.25) is 4.79 Å². The number of rotatable bonds is 6. The summed E-state index contributed by atoms with van der Waals surface area (Å²) in [5.41, 5.74) is 3.02. The minimum absolute atomic E-state index is 0.293. The molecule has 0 heterocycles. The van der Waals surface area contributed by atoms with Crippen LogP contribution in [-0.2, 0) is 14.3 Å². The monoisotopic (exact) mass is 338 g/mol. The summed E-state index contributed by atoms with van der Waals surface area (Å²) in [6, 6.07) is 14.1. The molecule has 2 rings (SSSR count). The maximum absolute atomic E-state index is 11.9. The second kappa shape index (κ2) is 8.50. The van der Waals surface area contributed by atoms with Gasteiger partial charge in [0.2, 0.25) is 0 Å². The van der Waals surface area contributed by atoms with E-state index < -0.39 is 18.5 Å². The molecule has 0 unspecified atom stereocenters. The van der Waals surface area contributed by atoms with Gasteiger partial charge in [0.15, 0.2) is 13.2 Å². The number of para-hydroxylation sites is 1. The van der Waals surface area contributed by atoms with Crippen molar-refractivity contribution in [1.82, 2.24) is 0 Å². The van der Waals surface area contributed by atoms with Crippen LogP contribution in [0.3, 0.4) is 0 Å². The van der Waals surface area contributed by atoms with Crippen molar-refractivity contribution in [1.29, 1.82) is 5.26 Å². The molecule has 25 heavy (non-hydrogen) atoms. The summed E-state index contributed by atoms with van der Waals surface area (Å²) in [6.07, 6.45) is 0. The lowest BCUT2D eigenvalue weighted by Gasteiger charge is -2.10. The molecule has 0 aliphatic heterocycles. The van der Waals surface area contributed by atoms with E-state index >= 15 is 0 Å². The van der Waals surface area contributed by atoms with Crippen LogP contribution in [0.25, 0.3) is 0 Å². The number of carbonyl (C=O) groups excluding carboxylic acids is 2. The van der Waals surface area contributed by atoms with E-state index in [1.165, 1.54) is 0 Å². The number of carbonyl (C=O) groups is 2. The summed E-state index contributed by atoms with van der Waals surface area (Å²) < 4.78 is 10.1. The lowest BCUT2D eigenvalue weighted by Crippen LogP contribution is -2.24. The van der Waals surface area contributed by atoms with E-state index in [1.807, 2.05) is 32.0 Å². The van der Waals surface area contributed by atoms with Gasteiger partial charge in [-0.2, -0.15) is 5.26 Å². The second-order valence-corrected chi connectivity index (χ2v) is 5.42. The average Bonchev–Trinajstić information content (AvgIpc) is 2.60. The Bertz CT molecular complexity index is 824. The van der Waals surface area contributed by atoms with Gasteiger partial charge in [-0.1, -0.05) is 29.8 Å². The fourth-order valence-corrected chi connectivity index (χ4v) is 2.15. The molecule has 1 amide bonds. The smallest absolute Gasteiger partial charge is 0.344 e. The van der Waals surface area contributed by atoms with E-state index in [4.69, 9.17) is 14.7 Å². The van der Waals surface area contributed by atoms with Crippen molar-refractivity contribution in [3.05, 3.63) is 59.2 Å². The van der Waals surface area contributed by atoms with Crippen LogP contribution in [-0.4, -0.2) is 25.1 Å². The van der Waals surface area contributed by atoms with Gasteiger partial charge in [-0.05, 0) is 37.6 Å². The van der Waals surface area contributed by atoms with E-state index in [-0.39, 0.29) is 6.61 Å². The van der Waals surface area contributed by atoms with Crippen LogP contribution < -0.4 is 10.1 Å². The number of esters is 1. The summed E-state index contributed by atoms with van der Waals surface area (Å²) in [4.78, 5) is 23.5. The average molecular weight is 338 g/mol. The minimum Gasteiger partial charge on any atom is -0.481 e. The molecular weight excluding hydrogens is 320 g/mol. The van der Waals surface area contributed by atoms with Crippen LogP contribution in [0.2, 0.25) is 0 Å². The third-order valence-corrected chi connectivity index (χ3v) is 3.37. The van der Waals surface area contributed by atoms with Gasteiger partial charge in [-0.25, -0.2) is 4.79 Å². The zero-order valence-corrected chi connectivity index (χ0v) is 14.0. The number of aryl methyl sites for hydroxylation is 2. The Hall–Kier alpha value is -3.33. The Balaban J connectivity index is 1.79. The molecule has 0 radical (unpaired) electrons. The van der Waals surface area contributed by atoms with Gasteiger partial charge in [0.25, 0.3) is 5.91 Å². The van der Waals surface area contributed by atoms with Gasteiger partial charge < -0.3 is 14.8 Å². The lowest BCUT2D eigenvalue weighted by atomic mass is 10.1. The Labute approximate surface area is 146 Å². The van der Waals surface area contributed by atoms with E-state index in [1.54, 1.807) is 30.3 Å². The lowest BCUT2D eigenvalue weighted by molar-refractivity contribution is -0.149. The molecule has 0 aliphatic rings. The molecule has 2 aromatic carbocycles. The predicted molar refractivity (Wildman–Crippen MR) is 92.2 cm³/mol.